The number of nitrogens with zero attached hydrogens (tertiary/aromatic N) is 1. The summed E-state index contributed by atoms with van der Waals surface area (Å²) in [5.41, 5.74) is 2.60. The van der Waals surface area contributed by atoms with E-state index in [1.54, 1.807) is 0 Å². The smallest absolute Gasteiger partial charge is 0.151 e. The summed E-state index contributed by atoms with van der Waals surface area (Å²) in [4.78, 5) is 2.26. The molecule has 1 saturated carbocycles. The highest BCUT2D eigenvalue weighted by molar-refractivity contribution is 7.91. The van der Waals surface area contributed by atoms with Crippen molar-refractivity contribution < 1.29 is 8.42 Å². The number of nitrogens with one attached hydrogen (secondary N) is 1. The second-order valence-corrected chi connectivity index (χ2v) is 8.56. The molecule has 1 heterocycles. The number of benzene rings is 1. The number of hydrogen-bond acceptors (Lipinski definition) is 4. The van der Waals surface area contributed by atoms with Crippen LogP contribution in [0.15, 0.2) is 24.3 Å². The highest BCUT2D eigenvalue weighted by Gasteiger charge is 2.20. The fraction of sp³-hybridized carbons (Fsp3) is 0.625. The Morgan fingerprint density at radius 1 is 1.14 bits per heavy atom. The predicted molar refractivity (Wildman–Crippen MR) is 84.9 cm³/mol. The Labute approximate surface area is 127 Å². The van der Waals surface area contributed by atoms with Gasteiger partial charge in [0.2, 0.25) is 0 Å². The SMILES string of the molecule is O=S1(=O)CCCN(Cc2cccc(CNC3CC3)c2)CC1. The molecular formula is C16H24N2O2S. The molecule has 2 aliphatic rings. The molecule has 21 heavy (non-hydrogen) atoms. The minimum atomic E-state index is -2.82. The monoisotopic (exact) mass is 308 g/mol. The van der Waals surface area contributed by atoms with E-state index in [9.17, 15) is 8.42 Å². The lowest BCUT2D eigenvalue weighted by Crippen LogP contribution is -2.26. The lowest BCUT2D eigenvalue weighted by Gasteiger charge is -2.19. The number of hydrogen-bond donors (Lipinski definition) is 1. The van der Waals surface area contributed by atoms with E-state index in [0.717, 1.165) is 32.1 Å². The normalized spacial score (nSPS) is 22.9. The van der Waals surface area contributed by atoms with Crippen LogP contribution in [0.25, 0.3) is 0 Å². The summed E-state index contributed by atoms with van der Waals surface area (Å²) in [7, 11) is -2.82. The van der Waals surface area contributed by atoms with E-state index < -0.39 is 9.84 Å². The van der Waals surface area contributed by atoms with Crippen LogP contribution in [0.2, 0.25) is 0 Å². The van der Waals surface area contributed by atoms with Gasteiger partial charge in [-0.2, -0.15) is 0 Å². The van der Waals surface area contributed by atoms with Gasteiger partial charge in [-0.1, -0.05) is 24.3 Å². The van der Waals surface area contributed by atoms with Crippen LogP contribution in [-0.2, 0) is 22.9 Å². The lowest BCUT2D eigenvalue weighted by atomic mass is 10.1. The third kappa shape index (κ3) is 4.80. The van der Waals surface area contributed by atoms with Crippen molar-refractivity contribution in [2.24, 2.45) is 0 Å². The van der Waals surface area contributed by atoms with E-state index in [0.29, 0.717) is 18.1 Å². The molecule has 1 saturated heterocycles. The highest BCUT2D eigenvalue weighted by atomic mass is 32.2. The minimum absolute atomic E-state index is 0.302. The van der Waals surface area contributed by atoms with E-state index in [1.807, 2.05) is 0 Å². The average Bonchev–Trinajstić information content (AvgIpc) is 3.27. The zero-order valence-corrected chi connectivity index (χ0v) is 13.2. The summed E-state index contributed by atoms with van der Waals surface area (Å²) >= 11 is 0. The molecule has 0 atom stereocenters. The maximum atomic E-state index is 11.6. The fourth-order valence-corrected chi connectivity index (χ4v) is 4.10. The second-order valence-electron chi connectivity index (χ2n) is 6.26. The van der Waals surface area contributed by atoms with Gasteiger partial charge < -0.3 is 5.32 Å². The molecular weight excluding hydrogens is 284 g/mol. The van der Waals surface area contributed by atoms with Crippen LogP contribution < -0.4 is 5.32 Å². The van der Waals surface area contributed by atoms with Crippen molar-refractivity contribution in [2.45, 2.75) is 38.4 Å². The summed E-state index contributed by atoms with van der Waals surface area (Å²) in [5.74, 6) is 0.644. The third-order valence-electron chi connectivity index (χ3n) is 4.22. The number of sulfone groups is 1. The van der Waals surface area contributed by atoms with Gasteiger partial charge >= 0.3 is 0 Å². The summed E-state index contributed by atoms with van der Waals surface area (Å²) in [6, 6.07) is 9.37. The highest BCUT2D eigenvalue weighted by Crippen LogP contribution is 2.19. The zero-order chi connectivity index (χ0) is 14.7. The molecule has 3 rings (SSSR count). The van der Waals surface area contributed by atoms with Gasteiger partial charge in [-0.05, 0) is 36.9 Å². The molecule has 1 aromatic rings. The molecule has 0 amide bonds. The molecule has 0 bridgehead atoms. The Kier molecular flexibility index (Phi) is 4.62. The Morgan fingerprint density at radius 2 is 1.95 bits per heavy atom. The van der Waals surface area contributed by atoms with Crippen molar-refractivity contribution in [3.05, 3.63) is 35.4 Å². The first-order chi connectivity index (χ1) is 10.1. The third-order valence-corrected chi connectivity index (χ3v) is 5.93. The van der Waals surface area contributed by atoms with Crippen molar-refractivity contribution in [3.63, 3.8) is 0 Å². The Balaban J connectivity index is 1.57. The van der Waals surface area contributed by atoms with E-state index in [1.165, 1.54) is 24.0 Å². The Bertz CT molecular complexity index is 582. The van der Waals surface area contributed by atoms with Crippen LogP contribution in [0.5, 0.6) is 0 Å². The van der Waals surface area contributed by atoms with E-state index >= 15 is 0 Å². The minimum Gasteiger partial charge on any atom is -0.310 e. The Hall–Kier alpha value is -0.910. The first kappa shape index (κ1) is 15.0. The standard InChI is InChI=1S/C16H24N2O2S/c19-21(20)9-2-7-18(8-10-21)13-15-4-1-3-14(11-15)12-17-16-5-6-16/h1,3-4,11,16-17H,2,5-10,12-13H2. The molecule has 4 nitrogen and oxygen atoms in total. The van der Waals surface area contributed by atoms with Gasteiger partial charge in [0, 0.05) is 25.7 Å². The van der Waals surface area contributed by atoms with Crippen molar-refractivity contribution in [2.75, 3.05) is 24.6 Å². The van der Waals surface area contributed by atoms with Crippen LogP contribution in [0.3, 0.4) is 0 Å². The van der Waals surface area contributed by atoms with Crippen LogP contribution in [0.4, 0.5) is 0 Å². The van der Waals surface area contributed by atoms with E-state index in [4.69, 9.17) is 0 Å². The van der Waals surface area contributed by atoms with Gasteiger partial charge in [-0.15, -0.1) is 0 Å². The van der Waals surface area contributed by atoms with Gasteiger partial charge in [0.15, 0.2) is 9.84 Å². The molecule has 0 spiro atoms. The van der Waals surface area contributed by atoms with Gasteiger partial charge in [-0.3, -0.25) is 4.90 Å². The van der Waals surface area contributed by atoms with Gasteiger partial charge in [0.25, 0.3) is 0 Å². The lowest BCUT2D eigenvalue weighted by molar-refractivity contribution is 0.287. The summed E-state index contributed by atoms with van der Waals surface area (Å²) < 4.78 is 23.3. The molecule has 0 radical (unpaired) electrons. The molecule has 1 N–H and O–H groups in total. The van der Waals surface area contributed by atoms with Crippen LogP contribution in [0.1, 0.15) is 30.4 Å². The van der Waals surface area contributed by atoms with Gasteiger partial charge in [0.05, 0.1) is 11.5 Å². The number of rotatable bonds is 5. The maximum absolute atomic E-state index is 11.6. The summed E-state index contributed by atoms with van der Waals surface area (Å²) in [6.45, 7) is 3.33. The second kappa shape index (κ2) is 6.46. The molecule has 1 aliphatic heterocycles. The topological polar surface area (TPSA) is 49.4 Å². The van der Waals surface area contributed by atoms with Gasteiger partial charge in [0.1, 0.15) is 0 Å². The molecule has 0 unspecified atom stereocenters. The quantitative estimate of drug-likeness (QED) is 0.897. The van der Waals surface area contributed by atoms with Crippen molar-refractivity contribution in [1.29, 1.82) is 0 Å². The van der Waals surface area contributed by atoms with Crippen LogP contribution in [0, 0.1) is 0 Å². The van der Waals surface area contributed by atoms with E-state index in [2.05, 4.69) is 34.5 Å². The first-order valence-electron chi connectivity index (χ1n) is 7.85. The summed E-state index contributed by atoms with van der Waals surface area (Å²) in [5, 5.41) is 3.53. The average molecular weight is 308 g/mol. The molecule has 2 fully saturated rings. The van der Waals surface area contributed by atoms with Crippen molar-refractivity contribution in [1.82, 2.24) is 10.2 Å². The molecule has 116 valence electrons. The molecule has 1 aromatic carbocycles. The zero-order valence-electron chi connectivity index (χ0n) is 12.4. The van der Waals surface area contributed by atoms with E-state index in [-0.39, 0.29) is 0 Å². The van der Waals surface area contributed by atoms with Crippen molar-refractivity contribution in [3.8, 4) is 0 Å². The predicted octanol–water partition coefficient (Wildman–Crippen LogP) is 1.56. The van der Waals surface area contributed by atoms with Crippen LogP contribution in [-0.4, -0.2) is 44.0 Å². The fourth-order valence-electron chi connectivity index (χ4n) is 2.79. The first-order valence-corrected chi connectivity index (χ1v) is 9.67. The maximum Gasteiger partial charge on any atom is 0.151 e. The van der Waals surface area contributed by atoms with Gasteiger partial charge in [-0.25, -0.2) is 8.42 Å². The van der Waals surface area contributed by atoms with Crippen LogP contribution >= 0.6 is 0 Å². The Morgan fingerprint density at radius 3 is 2.76 bits per heavy atom. The molecule has 0 aromatic heterocycles. The largest absolute Gasteiger partial charge is 0.310 e. The molecule has 1 aliphatic carbocycles. The van der Waals surface area contributed by atoms with Crippen molar-refractivity contribution >= 4 is 9.84 Å². The summed E-state index contributed by atoms with van der Waals surface area (Å²) in [6.07, 6.45) is 3.37. The molecule has 5 heteroatoms.